The third-order valence-corrected chi connectivity index (χ3v) is 5.86. The van der Waals surface area contributed by atoms with Gasteiger partial charge in [0.25, 0.3) is 0 Å². The van der Waals surface area contributed by atoms with Crippen molar-refractivity contribution in [2.45, 2.75) is 57.5 Å². The fraction of sp³-hybridized carbons (Fsp3) is 0.345. The molecular weight excluding hydrogens is 460 g/mol. The lowest BCUT2D eigenvalue weighted by Gasteiger charge is -2.43. The minimum atomic E-state index is -1.07. The van der Waals surface area contributed by atoms with Crippen LogP contribution in [0.3, 0.4) is 0 Å². The number of rotatable bonds is 11. The van der Waals surface area contributed by atoms with Crippen LogP contribution in [0.4, 0.5) is 0 Å². The van der Waals surface area contributed by atoms with E-state index in [0.717, 1.165) is 16.7 Å². The molecule has 190 valence electrons. The Morgan fingerprint density at radius 1 is 0.750 bits per heavy atom. The number of carbonyl (C=O) groups is 1. The van der Waals surface area contributed by atoms with Gasteiger partial charge in [0.05, 0.1) is 26.4 Å². The minimum absolute atomic E-state index is 0.0877. The zero-order valence-corrected chi connectivity index (χ0v) is 20.3. The van der Waals surface area contributed by atoms with Crippen LogP contribution in [0.1, 0.15) is 23.6 Å². The van der Waals surface area contributed by atoms with Gasteiger partial charge in [-0.25, -0.2) is 0 Å². The maximum Gasteiger partial charge on any atom is 0.305 e. The smallest absolute Gasteiger partial charge is 0.305 e. The van der Waals surface area contributed by atoms with E-state index < -0.39 is 36.7 Å². The van der Waals surface area contributed by atoms with Crippen molar-refractivity contribution in [3.05, 3.63) is 108 Å². The molecule has 4 rings (SSSR count). The van der Waals surface area contributed by atoms with Crippen molar-refractivity contribution in [3.63, 3.8) is 0 Å². The van der Waals surface area contributed by atoms with E-state index in [9.17, 15) is 9.90 Å². The molecule has 7 heteroatoms. The highest BCUT2D eigenvalue weighted by Gasteiger charge is 2.48. The molecule has 36 heavy (non-hydrogen) atoms. The van der Waals surface area contributed by atoms with E-state index in [-0.39, 0.29) is 19.8 Å². The molecule has 3 aromatic carbocycles. The van der Waals surface area contributed by atoms with E-state index in [0.29, 0.717) is 6.61 Å². The molecule has 1 fully saturated rings. The van der Waals surface area contributed by atoms with Crippen molar-refractivity contribution < 1.29 is 33.6 Å². The zero-order valence-electron chi connectivity index (χ0n) is 20.3. The molecule has 5 unspecified atom stereocenters. The van der Waals surface area contributed by atoms with Crippen molar-refractivity contribution in [2.75, 3.05) is 6.61 Å². The number of ether oxygens (including phenoxy) is 5. The predicted molar refractivity (Wildman–Crippen MR) is 133 cm³/mol. The van der Waals surface area contributed by atoms with E-state index >= 15 is 0 Å². The van der Waals surface area contributed by atoms with Crippen molar-refractivity contribution in [1.82, 2.24) is 0 Å². The molecule has 0 bridgehead atoms. The van der Waals surface area contributed by atoms with Gasteiger partial charge < -0.3 is 28.8 Å². The molecule has 0 spiro atoms. The lowest BCUT2D eigenvalue weighted by atomic mass is 9.98. The molecule has 3 aromatic rings. The third-order valence-electron chi connectivity index (χ3n) is 5.86. The van der Waals surface area contributed by atoms with Gasteiger partial charge in [0.15, 0.2) is 0 Å². The summed E-state index contributed by atoms with van der Waals surface area (Å²) in [6, 6.07) is 29.0. The average Bonchev–Trinajstić information content (AvgIpc) is 2.90. The fourth-order valence-electron chi connectivity index (χ4n) is 4.05. The molecule has 1 aliphatic heterocycles. The molecule has 1 saturated heterocycles. The molecule has 1 heterocycles. The monoisotopic (exact) mass is 492 g/mol. The maximum atomic E-state index is 11.9. The minimum Gasteiger partial charge on any atom is -0.433 e. The quantitative estimate of drug-likeness (QED) is 0.405. The van der Waals surface area contributed by atoms with Crippen molar-refractivity contribution in [1.29, 1.82) is 0 Å². The summed E-state index contributed by atoms with van der Waals surface area (Å²) < 4.78 is 29.7. The lowest BCUT2D eigenvalue weighted by molar-refractivity contribution is -0.312. The number of benzene rings is 3. The molecule has 5 atom stereocenters. The van der Waals surface area contributed by atoms with E-state index in [4.69, 9.17) is 23.7 Å². The Morgan fingerprint density at radius 3 is 1.72 bits per heavy atom. The standard InChI is InChI=1S/C29H32O7/c1-21(30)35-29-28(34-19-24-15-9-4-10-16-24)27(33-18-23-13-7-3-8-14-23)26(31)25(36-29)20-32-17-22-11-5-2-6-12-22/h2-16,25-29,31H,17-20H2,1H3. The van der Waals surface area contributed by atoms with E-state index in [1.54, 1.807) is 0 Å². The van der Waals surface area contributed by atoms with Gasteiger partial charge in [0.2, 0.25) is 6.29 Å². The number of hydrogen-bond donors (Lipinski definition) is 1. The van der Waals surface area contributed by atoms with Crippen LogP contribution in [0.25, 0.3) is 0 Å². The van der Waals surface area contributed by atoms with Gasteiger partial charge in [-0.05, 0) is 16.7 Å². The maximum absolute atomic E-state index is 11.9. The molecule has 7 nitrogen and oxygen atoms in total. The number of aliphatic hydroxyl groups is 1. The van der Waals surface area contributed by atoms with Gasteiger partial charge in [0, 0.05) is 6.92 Å². The first-order valence-electron chi connectivity index (χ1n) is 12.0. The van der Waals surface area contributed by atoms with Gasteiger partial charge in [-0.1, -0.05) is 91.0 Å². The second-order valence-electron chi connectivity index (χ2n) is 8.67. The highest BCUT2D eigenvalue weighted by Crippen LogP contribution is 2.29. The second kappa shape index (κ2) is 13.3. The average molecular weight is 493 g/mol. The number of carbonyl (C=O) groups excluding carboxylic acids is 1. The summed E-state index contributed by atoms with van der Waals surface area (Å²) in [6.45, 7) is 2.24. The van der Waals surface area contributed by atoms with E-state index in [2.05, 4.69) is 0 Å². The van der Waals surface area contributed by atoms with E-state index in [1.165, 1.54) is 6.92 Å². The molecule has 0 amide bonds. The van der Waals surface area contributed by atoms with Gasteiger partial charge in [-0.2, -0.15) is 0 Å². The van der Waals surface area contributed by atoms with Crippen molar-refractivity contribution in [2.24, 2.45) is 0 Å². The van der Waals surface area contributed by atoms with Gasteiger partial charge in [0.1, 0.15) is 24.4 Å². The summed E-state index contributed by atoms with van der Waals surface area (Å²) in [4.78, 5) is 11.9. The normalized spacial score (nSPS) is 23.8. The summed E-state index contributed by atoms with van der Waals surface area (Å²) in [6.07, 6.45) is -4.59. The van der Waals surface area contributed by atoms with Crippen LogP contribution < -0.4 is 0 Å². The first kappa shape index (κ1) is 26.0. The second-order valence-corrected chi connectivity index (χ2v) is 8.67. The molecular formula is C29H32O7. The van der Waals surface area contributed by atoms with E-state index in [1.807, 2.05) is 91.0 Å². The highest BCUT2D eigenvalue weighted by atomic mass is 16.7. The highest BCUT2D eigenvalue weighted by molar-refractivity contribution is 5.66. The Kier molecular flexibility index (Phi) is 9.61. The molecule has 0 radical (unpaired) electrons. The van der Waals surface area contributed by atoms with Crippen LogP contribution in [0.15, 0.2) is 91.0 Å². The molecule has 0 aromatic heterocycles. The van der Waals surface area contributed by atoms with Crippen LogP contribution in [0.2, 0.25) is 0 Å². The Bertz CT molecular complexity index is 1040. The third kappa shape index (κ3) is 7.46. The van der Waals surface area contributed by atoms with Gasteiger partial charge in [-0.3, -0.25) is 4.79 Å². The van der Waals surface area contributed by atoms with Crippen LogP contribution in [0, 0.1) is 0 Å². The van der Waals surface area contributed by atoms with Crippen molar-refractivity contribution in [3.8, 4) is 0 Å². The van der Waals surface area contributed by atoms with Crippen LogP contribution in [0.5, 0.6) is 0 Å². The van der Waals surface area contributed by atoms with Gasteiger partial charge in [-0.15, -0.1) is 0 Å². The summed E-state index contributed by atoms with van der Waals surface area (Å²) in [5.41, 5.74) is 2.88. The van der Waals surface area contributed by atoms with Crippen LogP contribution in [-0.4, -0.2) is 48.4 Å². The fourth-order valence-corrected chi connectivity index (χ4v) is 4.05. The topological polar surface area (TPSA) is 83.5 Å². The summed E-state index contributed by atoms with van der Waals surface area (Å²) in [5.74, 6) is -0.518. The predicted octanol–water partition coefficient (Wildman–Crippen LogP) is 4.02. The first-order valence-corrected chi connectivity index (χ1v) is 12.0. The Hall–Kier alpha value is -3.07. The number of esters is 1. The molecule has 0 aliphatic carbocycles. The first-order chi connectivity index (χ1) is 17.6. The summed E-state index contributed by atoms with van der Waals surface area (Å²) in [5, 5.41) is 11.3. The zero-order chi connectivity index (χ0) is 25.2. The number of hydrogen-bond acceptors (Lipinski definition) is 7. The Balaban J connectivity index is 1.50. The van der Waals surface area contributed by atoms with Crippen LogP contribution in [-0.2, 0) is 48.3 Å². The Morgan fingerprint density at radius 2 is 1.22 bits per heavy atom. The van der Waals surface area contributed by atoms with Gasteiger partial charge >= 0.3 is 5.97 Å². The van der Waals surface area contributed by atoms with Crippen LogP contribution >= 0.6 is 0 Å². The largest absolute Gasteiger partial charge is 0.433 e. The van der Waals surface area contributed by atoms with Crippen molar-refractivity contribution >= 4 is 5.97 Å². The summed E-state index contributed by atoms with van der Waals surface area (Å²) >= 11 is 0. The molecule has 0 saturated carbocycles. The Labute approximate surface area is 211 Å². The SMILES string of the molecule is CC(=O)OC1OC(COCc2ccccc2)C(O)C(OCc2ccccc2)C1OCc1ccccc1. The molecule has 1 N–H and O–H groups in total. The lowest BCUT2D eigenvalue weighted by Crippen LogP contribution is -2.61. The molecule has 1 aliphatic rings. The number of aliphatic hydroxyl groups excluding tert-OH is 1. The summed E-state index contributed by atoms with van der Waals surface area (Å²) in [7, 11) is 0.